The lowest BCUT2D eigenvalue weighted by atomic mass is 10.2. The summed E-state index contributed by atoms with van der Waals surface area (Å²) < 4.78 is 27.7. The number of nitrogen functional groups attached to an aromatic ring is 1. The first-order valence-corrected chi connectivity index (χ1v) is 18.9. The Morgan fingerprint density at radius 3 is 0.898 bits per heavy atom. The fourth-order valence-electron chi connectivity index (χ4n) is 4.91. The van der Waals surface area contributed by atoms with Gasteiger partial charge >= 0.3 is 0 Å². The van der Waals surface area contributed by atoms with Gasteiger partial charge in [-0.05, 0) is 140 Å². The quantitative estimate of drug-likeness (QED) is 0.0878. The van der Waals surface area contributed by atoms with Crippen molar-refractivity contribution in [2.45, 2.75) is 6.92 Å². The Morgan fingerprint density at radius 1 is 0.322 bits per heavy atom. The van der Waals surface area contributed by atoms with Crippen LogP contribution in [0.15, 0.2) is 218 Å². The fraction of sp³-hybridized carbons (Fsp3) is 0.0588. The number of aryl methyl sites for hydroxylation is 1. The molecule has 0 radical (unpaired) electrons. The molecule has 8 heteroatoms. The van der Waals surface area contributed by atoms with Gasteiger partial charge in [0.15, 0.2) is 0 Å². The number of hydrogen-bond acceptors (Lipinski definition) is 8. The molecule has 0 bridgehead atoms. The molecular formula is C51H47NO7. The van der Waals surface area contributed by atoms with E-state index in [0.717, 1.165) is 45.9 Å². The van der Waals surface area contributed by atoms with Crippen molar-refractivity contribution >= 4 is 5.69 Å². The molecule has 8 nitrogen and oxygen atoms in total. The second-order valence-electron chi connectivity index (χ2n) is 12.6. The van der Waals surface area contributed by atoms with Crippen molar-refractivity contribution in [3.05, 3.63) is 224 Å². The van der Waals surface area contributed by atoms with Gasteiger partial charge in [0.2, 0.25) is 0 Å². The van der Waals surface area contributed by atoms with Crippen LogP contribution in [0.25, 0.3) is 0 Å². The Bertz CT molecular complexity index is 2120. The summed E-state index contributed by atoms with van der Waals surface area (Å²) in [7, 11) is 0. The van der Waals surface area contributed by atoms with E-state index >= 15 is 0 Å². The van der Waals surface area contributed by atoms with Crippen molar-refractivity contribution in [1.82, 2.24) is 0 Å². The molecular weight excluding hydrogens is 739 g/mol. The molecule has 0 saturated heterocycles. The number of aromatic hydroxyl groups is 2. The summed E-state index contributed by atoms with van der Waals surface area (Å²) in [6.45, 7) is 3.14. The van der Waals surface area contributed by atoms with E-state index < -0.39 is 0 Å². The minimum absolute atomic E-state index is 0.241. The highest BCUT2D eigenvalue weighted by atomic mass is 16.5. The number of phenolic OH excluding ortho intramolecular Hbond substituents is 2. The smallest absolute Gasteiger partial charge is 0.127 e. The van der Waals surface area contributed by atoms with Crippen LogP contribution in [0.5, 0.6) is 57.5 Å². The van der Waals surface area contributed by atoms with Crippen LogP contribution in [0.2, 0.25) is 0 Å². The van der Waals surface area contributed by atoms with Crippen molar-refractivity contribution in [2.24, 2.45) is 0 Å². The van der Waals surface area contributed by atoms with E-state index in [-0.39, 0.29) is 11.5 Å². The molecule has 0 aliphatic heterocycles. The van der Waals surface area contributed by atoms with E-state index in [1.165, 1.54) is 5.56 Å². The lowest BCUT2D eigenvalue weighted by Gasteiger charge is -2.07. The minimum atomic E-state index is 0.241. The van der Waals surface area contributed by atoms with Gasteiger partial charge < -0.3 is 39.6 Å². The average Bonchev–Trinajstić information content (AvgIpc) is 3.28. The molecule has 0 fully saturated rings. The Morgan fingerprint density at radius 2 is 0.576 bits per heavy atom. The lowest BCUT2D eigenvalue weighted by Crippen LogP contribution is -2.08. The maximum atomic E-state index is 9.10. The Hall–Kier alpha value is -7.84. The van der Waals surface area contributed by atoms with Gasteiger partial charge in [0.05, 0.1) is 0 Å². The second-order valence-corrected chi connectivity index (χ2v) is 12.6. The van der Waals surface area contributed by atoms with E-state index in [1.807, 2.05) is 177 Å². The van der Waals surface area contributed by atoms with Crippen LogP contribution < -0.4 is 29.4 Å². The van der Waals surface area contributed by atoms with E-state index in [1.54, 1.807) is 48.5 Å². The number of benzene rings is 8. The maximum Gasteiger partial charge on any atom is 0.127 e. The zero-order valence-corrected chi connectivity index (χ0v) is 32.7. The van der Waals surface area contributed by atoms with E-state index in [9.17, 15) is 0 Å². The zero-order valence-electron chi connectivity index (χ0n) is 32.7. The summed E-state index contributed by atoms with van der Waals surface area (Å²) in [4.78, 5) is 0. The first-order valence-electron chi connectivity index (χ1n) is 18.9. The van der Waals surface area contributed by atoms with Gasteiger partial charge in [0.25, 0.3) is 0 Å². The molecule has 8 rings (SSSR count). The summed E-state index contributed by atoms with van der Waals surface area (Å²) >= 11 is 0. The average molecular weight is 786 g/mol. The highest BCUT2D eigenvalue weighted by molar-refractivity contribution is 5.43. The SMILES string of the molecule is Cc1ccc(Oc2ccc(O)cc2)cc1.Nc1ccc(Oc2ccccc2)cc1.Oc1ccc(Oc2ccccc2)cc1.c1ccc(OCCOc2ccccc2)cc1. The molecule has 4 N–H and O–H groups in total. The molecule has 0 aromatic heterocycles. The van der Waals surface area contributed by atoms with E-state index in [4.69, 9.17) is 39.6 Å². The van der Waals surface area contributed by atoms with Gasteiger partial charge in [-0.25, -0.2) is 0 Å². The largest absolute Gasteiger partial charge is 0.508 e. The first-order chi connectivity index (χ1) is 28.9. The van der Waals surface area contributed by atoms with Gasteiger partial charge in [0, 0.05) is 5.69 Å². The summed E-state index contributed by atoms with van der Waals surface area (Å²) in [6.07, 6.45) is 0. The molecule has 0 saturated carbocycles. The van der Waals surface area contributed by atoms with Crippen molar-refractivity contribution in [3.63, 3.8) is 0 Å². The predicted octanol–water partition coefficient (Wildman–Crippen LogP) is 12.9. The molecule has 0 aliphatic rings. The number of rotatable bonds is 11. The first kappa shape index (κ1) is 42.3. The number of para-hydroxylation sites is 4. The Kier molecular flexibility index (Phi) is 17.2. The predicted molar refractivity (Wildman–Crippen MR) is 235 cm³/mol. The molecule has 0 aliphatic carbocycles. The van der Waals surface area contributed by atoms with Crippen molar-refractivity contribution in [1.29, 1.82) is 0 Å². The van der Waals surface area contributed by atoms with E-state index in [0.29, 0.717) is 19.0 Å². The number of ether oxygens (including phenoxy) is 5. The van der Waals surface area contributed by atoms with Crippen LogP contribution in [0.4, 0.5) is 5.69 Å². The fourth-order valence-corrected chi connectivity index (χ4v) is 4.91. The lowest BCUT2D eigenvalue weighted by molar-refractivity contribution is 0.217. The molecule has 0 unspecified atom stereocenters. The van der Waals surface area contributed by atoms with Gasteiger partial charge in [0.1, 0.15) is 70.7 Å². The van der Waals surface area contributed by atoms with Crippen LogP contribution in [-0.4, -0.2) is 23.4 Å². The third kappa shape index (κ3) is 16.8. The van der Waals surface area contributed by atoms with Crippen LogP contribution in [0.3, 0.4) is 0 Å². The molecule has 8 aromatic rings. The summed E-state index contributed by atoms with van der Waals surface area (Å²) in [5.74, 6) is 6.88. The monoisotopic (exact) mass is 785 g/mol. The highest BCUT2D eigenvalue weighted by Gasteiger charge is 1.98. The number of hydrogen-bond donors (Lipinski definition) is 3. The molecule has 8 aromatic carbocycles. The van der Waals surface area contributed by atoms with Crippen molar-refractivity contribution in [3.8, 4) is 57.5 Å². The van der Waals surface area contributed by atoms with Gasteiger partial charge in [-0.15, -0.1) is 0 Å². The van der Waals surface area contributed by atoms with Crippen molar-refractivity contribution < 1.29 is 33.9 Å². The van der Waals surface area contributed by atoms with Crippen LogP contribution in [0.1, 0.15) is 5.56 Å². The highest BCUT2D eigenvalue weighted by Crippen LogP contribution is 2.25. The van der Waals surface area contributed by atoms with Crippen LogP contribution >= 0.6 is 0 Å². The van der Waals surface area contributed by atoms with Gasteiger partial charge in [-0.3, -0.25) is 0 Å². The normalized spacial score (nSPS) is 9.78. The maximum absolute atomic E-state index is 9.10. The minimum Gasteiger partial charge on any atom is -0.508 e. The van der Waals surface area contributed by atoms with Crippen LogP contribution in [0, 0.1) is 6.92 Å². The third-order valence-electron chi connectivity index (χ3n) is 7.88. The molecule has 0 spiro atoms. The topological polar surface area (TPSA) is 113 Å². The Balaban J connectivity index is 0.000000150. The summed E-state index contributed by atoms with van der Waals surface area (Å²) in [6, 6.07) is 67.1. The number of anilines is 1. The third-order valence-corrected chi connectivity index (χ3v) is 7.88. The molecule has 298 valence electrons. The van der Waals surface area contributed by atoms with Gasteiger partial charge in [-0.1, -0.05) is 90.5 Å². The molecule has 0 heterocycles. The van der Waals surface area contributed by atoms with Crippen LogP contribution in [-0.2, 0) is 0 Å². The number of nitrogens with two attached hydrogens (primary N) is 1. The Labute approximate surface area is 345 Å². The second kappa shape index (κ2) is 23.9. The van der Waals surface area contributed by atoms with Gasteiger partial charge in [-0.2, -0.15) is 0 Å². The number of phenols is 2. The molecule has 0 amide bonds. The van der Waals surface area contributed by atoms with Crippen molar-refractivity contribution in [2.75, 3.05) is 18.9 Å². The molecule has 59 heavy (non-hydrogen) atoms. The zero-order chi connectivity index (χ0) is 41.3. The molecule has 0 atom stereocenters. The van der Waals surface area contributed by atoms with E-state index in [2.05, 4.69) is 0 Å². The summed E-state index contributed by atoms with van der Waals surface area (Å²) in [5, 5.41) is 18.2. The standard InChI is InChI=1S/C14H14O2.C13H12O2.C12H11NO.C12H10O2/c1-3-7-13(8-4-1)15-11-12-16-14-9-5-2-6-10-14;1-10-2-6-12(7-3-10)15-13-8-4-11(14)5-9-13;2*13-10-6-8-12(9-7-10)14-11-4-2-1-3-5-11/h1-10H,11-12H2;2-9,14H,1H3;1-9H,13H2;1-9,13H. The summed E-state index contributed by atoms with van der Waals surface area (Å²) in [5.41, 5.74) is 7.51.